The number of anilines is 2. The summed E-state index contributed by atoms with van der Waals surface area (Å²) in [5.74, 6) is -1.79. The SMILES string of the molecule is Nc1cc2c(cc1N)CCN(C(=O)C(F)(F)F)CC2.[OH-].[OH-].[Pd+2]. The molecule has 2 rings (SSSR count). The number of hydrogen-bond donors (Lipinski definition) is 2. The monoisotopic (exact) mass is 413 g/mol. The van der Waals surface area contributed by atoms with Crippen molar-refractivity contribution in [2.45, 2.75) is 19.0 Å². The fourth-order valence-electron chi connectivity index (χ4n) is 2.20. The number of nitrogens with zero attached hydrogens (tertiary/aromatic N) is 1. The number of halogens is 3. The van der Waals surface area contributed by atoms with E-state index in [-0.39, 0.29) is 44.5 Å². The van der Waals surface area contributed by atoms with Crippen LogP contribution in [0, 0.1) is 0 Å². The summed E-state index contributed by atoms with van der Waals surface area (Å²) in [6.45, 7) is 0.0728. The molecule has 1 amide bonds. The van der Waals surface area contributed by atoms with Gasteiger partial charge in [-0.3, -0.25) is 4.79 Å². The summed E-state index contributed by atoms with van der Waals surface area (Å²) < 4.78 is 37.2. The number of fused-ring (bicyclic) bond motifs is 1. The first-order valence-corrected chi connectivity index (χ1v) is 5.82. The fourth-order valence-corrected chi connectivity index (χ4v) is 2.20. The van der Waals surface area contributed by atoms with Crippen molar-refractivity contribution in [1.82, 2.24) is 4.90 Å². The summed E-state index contributed by atoms with van der Waals surface area (Å²) in [6, 6.07) is 3.35. The molecule has 0 spiro atoms. The predicted octanol–water partition coefficient (Wildman–Crippen LogP) is 0.984. The van der Waals surface area contributed by atoms with Gasteiger partial charge in [-0.05, 0) is 36.1 Å². The van der Waals surface area contributed by atoms with Crippen molar-refractivity contribution in [2.75, 3.05) is 24.6 Å². The van der Waals surface area contributed by atoms with Crippen LogP contribution < -0.4 is 11.5 Å². The molecule has 1 aromatic carbocycles. The second-order valence-corrected chi connectivity index (χ2v) is 4.54. The maximum atomic E-state index is 12.4. The number of hydrogen-bond acceptors (Lipinski definition) is 5. The van der Waals surface area contributed by atoms with Gasteiger partial charge in [0.25, 0.3) is 0 Å². The molecule has 1 aliphatic rings. The van der Waals surface area contributed by atoms with Gasteiger partial charge in [-0.1, -0.05) is 0 Å². The quantitative estimate of drug-likeness (QED) is 0.483. The van der Waals surface area contributed by atoms with Crippen LogP contribution in [0.1, 0.15) is 11.1 Å². The Balaban J connectivity index is 0. The topological polar surface area (TPSA) is 132 Å². The minimum atomic E-state index is -4.82. The molecule has 0 fully saturated rings. The first kappa shape index (κ1) is 22.9. The number of alkyl halides is 3. The van der Waals surface area contributed by atoms with Gasteiger partial charge in [0.05, 0.1) is 11.4 Å². The van der Waals surface area contributed by atoms with E-state index in [1.54, 1.807) is 12.1 Å². The molecule has 1 aliphatic heterocycles. The van der Waals surface area contributed by atoms with Crippen molar-refractivity contribution < 1.29 is 49.3 Å². The zero-order chi connectivity index (χ0) is 14.2. The number of nitrogens with two attached hydrogens (primary N) is 2. The molecule has 0 unspecified atom stereocenters. The van der Waals surface area contributed by atoms with E-state index in [9.17, 15) is 18.0 Å². The van der Waals surface area contributed by atoms with Gasteiger partial charge >= 0.3 is 32.5 Å². The number of benzene rings is 1. The van der Waals surface area contributed by atoms with Crippen LogP contribution in [0.4, 0.5) is 24.5 Å². The molecule has 128 valence electrons. The summed E-state index contributed by atoms with van der Waals surface area (Å²) in [7, 11) is 0. The van der Waals surface area contributed by atoms with Crippen molar-refractivity contribution in [1.29, 1.82) is 0 Å². The summed E-state index contributed by atoms with van der Waals surface area (Å²) in [6.07, 6.45) is -4.13. The van der Waals surface area contributed by atoms with Crippen molar-refractivity contribution in [2.24, 2.45) is 0 Å². The maximum absolute atomic E-state index is 12.4. The Hall–Kier alpha value is -1.34. The molecule has 0 aromatic heterocycles. The van der Waals surface area contributed by atoms with E-state index in [4.69, 9.17) is 11.5 Å². The van der Waals surface area contributed by atoms with Crippen LogP contribution in [0.25, 0.3) is 0 Å². The third-order valence-corrected chi connectivity index (χ3v) is 3.24. The predicted molar refractivity (Wildman–Crippen MR) is 69.2 cm³/mol. The molecule has 1 heterocycles. The third-order valence-electron chi connectivity index (χ3n) is 3.24. The summed E-state index contributed by atoms with van der Waals surface area (Å²) >= 11 is 0. The Kier molecular flexibility index (Phi) is 8.69. The molecule has 0 saturated carbocycles. The van der Waals surface area contributed by atoms with Crippen molar-refractivity contribution in [3.8, 4) is 0 Å². The van der Waals surface area contributed by atoms with Crippen LogP contribution in [0.3, 0.4) is 0 Å². The van der Waals surface area contributed by atoms with Gasteiger partial charge in [-0.25, -0.2) is 0 Å². The van der Waals surface area contributed by atoms with Crippen LogP contribution in [0.2, 0.25) is 0 Å². The fraction of sp³-hybridized carbons (Fsp3) is 0.417. The molecule has 0 saturated heterocycles. The number of nitrogen functional groups attached to an aromatic ring is 2. The second kappa shape index (κ2) is 8.34. The standard InChI is InChI=1S/C12H14F3N3O.2H2O.Pd/c13-12(14,15)11(19)18-3-1-7-5-9(16)10(17)6-8(7)2-4-18;;;/h5-6H,1-4,16-17H2;2*1H2;/q;;;+2/p-2. The molecular formula is C12H16F3N3O3Pd. The van der Waals surface area contributed by atoms with Crippen LogP contribution in [0.15, 0.2) is 12.1 Å². The molecule has 0 bridgehead atoms. The number of rotatable bonds is 0. The van der Waals surface area contributed by atoms with Gasteiger partial charge in [0.2, 0.25) is 0 Å². The van der Waals surface area contributed by atoms with Gasteiger partial charge in [-0.2, -0.15) is 13.2 Å². The first-order chi connectivity index (χ1) is 8.79. The zero-order valence-electron chi connectivity index (χ0n) is 11.3. The Morgan fingerprint density at radius 1 is 1.00 bits per heavy atom. The van der Waals surface area contributed by atoms with Crippen molar-refractivity contribution >= 4 is 17.3 Å². The Bertz CT molecular complexity index is 493. The minimum Gasteiger partial charge on any atom is -0.870 e. The number of carbonyl (C=O) groups excluding carboxylic acids is 1. The normalized spacial score (nSPS) is 13.7. The molecule has 1 aromatic rings. The smallest absolute Gasteiger partial charge is 0.870 e. The van der Waals surface area contributed by atoms with E-state index in [1.165, 1.54) is 0 Å². The molecule has 6 nitrogen and oxygen atoms in total. The molecule has 0 aliphatic carbocycles. The van der Waals surface area contributed by atoms with Crippen LogP contribution in [-0.2, 0) is 38.1 Å². The largest absolute Gasteiger partial charge is 2.00 e. The van der Waals surface area contributed by atoms with E-state index >= 15 is 0 Å². The van der Waals surface area contributed by atoms with Gasteiger partial charge in [0.1, 0.15) is 0 Å². The third kappa shape index (κ3) is 4.85. The van der Waals surface area contributed by atoms with E-state index in [1.807, 2.05) is 0 Å². The molecule has 6 N–H and O–H groups in total. The average molecular weight is 414 g/mol. The van der Waals surface area contributed by atoms with Crippen LogP contribution in [0.5, 0.6) is 0 Å². The summed E-state index contributed by atoms with van der Waals surface area (Å²) in [5, 5.41) is 0. The van der Waals surface area contributed by atoms with Crippen molar-refractivity contribution in [3.63, 3.8) is 0 Å². The van der Waals surface area contributed by atoms with Gasteiger partial charge in [0, 0.05) is 13.1 Å². The van der Waals surface area contributed by atoms with Gasteiger partial charge < -0.3 is 27.3 Å². The molecule has 22 heavy (non-hydrogen) atoms. The van der Waals surface area contributed by atoms with E-state index in [2.05, 4.69) is 0 Å². The summed E-state index contributed by atoms with van der Waals surface area (Å²) in [4.78, 5) is 12.0. The average Bonchev–Trinajstić information content (AvgIpc) is 2.50. The van der Waals surface area contributed by atoms with E-state index < -0.39 is 12.1 Å². The first-order valence-electron chi connectivity index (χ1n) is 5.82. The number of carbonyl (C=O) groups is 1. The van der Waals surface area contributed by atoms with Crippen molar-refractivity contribution in [3.05, 3.63) is 23.3 Å². The van der Waals surface area contributed by atoms with Gasteiger partial charge in [-0.15, -0.1) is 0 Å². The molecular weight excluding hydrogens is 398 g/mol. The Labute approximate surface area is 138 Å². The molecule has 0 radical (unpaired) electrons. The Morgan fingerprint density at radius 3 is 1.68 bits per heavy atom. The molecule has 0 atom stereocenters. The van der Waals surface area contributed by atoms with E-state index in [0.717, 1.165) is 16.0 Å². The minimum absolute atomic E-state index is 0. The zero-order valence-corrected chi connectivity index (χ0v) is 12.9. The number of amides is 1. The maximum Gasteiger partial charge on any atom is 2.00 e. The second-order valence-electron chi connectivity index (χ2n) is 4.54. The van der Waals surface area contributed by atoms with Crippen LogP contribution >= 0.6 is 0 Å². The van der Waals surface area contributed by atoms with Crippen LogP contribution in [-0.4, -0.2) is 41.0 Å². The van der Waals surface area contributed by atoms with E-state index in [0.29, 0.717) is 24.2 Å². The molecule has 10 heteroatoms. The Morgan fingerprint density at radius 2 is 1.36 bits per heavy atom. The van der Waals surface area contributed by atoms with Gasteiger partial charge in [0.15, 0.2) is 0 Å². The summed E-state index contributed by atoms with van der Waals surface area (Å²) in [5.41, 5.74) is 13.9.